The van der Waals surface area contributed by atoms with Gasteiger partial charge in [0.05, 0.1) is 12.7 Å². The lowest BCUT2D eigenvalue weighted by Gasteiger charge is -2.20. The van der Waals surface area contributed by atoms with Gasteiger partial charge in [0, 0.05) is 6.07 Å². The Kier molecular flexibility index (Phi) is 5.60. The number of nitriles is 1. The third kappa shape index (κ3) is 4.72. The molecule has 0 spiro atoms. The summed E-state index contributed by atoms with van der Waals surface area (Å²) in [6, 6.07) is 8.35. The molecule has 0 aliphatic carbocycles. The maximum atomic E-state index is 12.9. The van der Waals surface area contributed by atoms with E-state index in [2.05, 4.69) is 11.4 Å². The molecule has 18 heavy (non-hydrogen) atoms. The van der Waals surface area contributed by atoms with Gasteiger partial charge in [-0.1, -0.05) is 6.07 Å². The van der Waals surface area contributed by atoms with Crippen LogP contribution in [0.15, 0.2) is 24.3 Å². The van der Waals surface area contributed by atoms with Gasteiger partial charge in [-0.2, -0.15) is 5.26 Å². The molecule has 1 atom stereocenters. The number of nitrogens with one attached hydrogen (secondary N) is 1. The monoisotopic (exact) mass is 250 g/mol. The summed E-state index contributed by atoms with van der Waals surface area (Å²) >= 11 is 0. The first-order valence-corrected chi connectivity index (χ1v) is 6.08. The fraction of sp³-hybridized carbons (Fsp3) is 0.500. The maximum absolute atomic E-state index is 12.9. The molecular weight excluding hydrogens is 231 g/mol. The van der Waals surface area contributed by atoms with Crippen LogP contribution in [0, 0.1) is 17.1 Å². The molecule has 0 radical (unpaired) electrons. The first-order chi connectivity index (χ1) is 8.59. The van der Waals surface area contributed by atoms with Crippen molar-refractivity contribution >= 4 is 0 Å². The van der Waals surface area contributed by atoms with Crippen LogP contribution in [-0.2, 0) is 0 Å². The molecular formula is C14H19FN2O. The highest BCUT2D eigenvalue weighted by Crippen LogP contribution is 2.14. The molecule has 0 heterocycles. The number of nitrogens with zero attached hydrogens (tertiary/aromatic N) is 1. The number of hydrogen-bond acceptors (Lipinski definition) is 3. The Hall–Kier alpha value is -1.60. The smallest absolute Gasteiger partial charge is 0.126 e. The molecule has 0 saturated heterocycles. The van der Waals surface area contributed by atoms with Gasteiger partial charge in [0.25, 0.3) is 0 Å². The highest BCUT2D eigenvalue weighted by atomic mass is 19.1. The largest absolute Gasteiger partial charge is 0.493 e. The molecule has 1 rings (SSSR count). The Morgan fingerprint density at radius 1 is 1.44 bits per heavy atom. The minimum atomic E-state index is -0.473. The summed E-state index contributed by atoms with van der Waals surface area (Å²) < 4.78 is 18.3. The maximum Gasteiger partial charge on any atom is 0.126 e. The fourth-order valence-corrected chi connectivity index (χ4v) is 1.56. The van der Waals surface area contributed by atoms with E-state index in [9.17, 15) is 4.39 Å². The van der Waals surface area contributed by atoms with Gasteiger partial charge < -0.3 is 10.1 Å². The highest BCUT2D eigenvalue weighted by Gasteiger charge is 2.19. The van der Waals surface area contributed by atoms with E-state index in [-0.39, 0.29) is 5.82 Å². The van der Waals surface area contributed by atoms with Crippen LogP contribution in [0.5, 0.6) is 5.75 Å². The van der Waals surface area contributed by atoms with Crippen LogP contribution in [0.1, 0.15) is 26.2 Å². The van der Waals surface area contributed by atoms with Crippen LogP contribution < -0.4 is 10.1 Å². The zero-order chi connectivity index (χ0) is 13.4. The normalized spacial score (nSPS) is 13.7. The number of benzene rings is 1. The first-order valence-electron chi connectivity index (χ1n) is 6.08. The SMILES string of the molecule is CNC(C)(C#N)CCCCOc1cccc(F)c1. The minimum absolute atomic E-state index is 0.292. The van der Waals surface area contributed by atoms with Gasteiger partial charge in [0.1, 0.15) is 17.1 Å². The third-order valence-electron chi connectivity index (χ3n) is 2.93. The Balaban J connectivity index is 2.22. The van der Waals surface area contributed by atoms with Gasteiger partial charge in [0.15, 0.2) is 0 Å². The van der Waals surface area contributed by atoms with E-state index in [1.807, 2.05) is 6.92 Å². The Labute approximate surface area is 108 Å². The summed E-state index contributed by atoms with van der Waals surface area (Å²) in [7, 11) is 1.78. The van der Waals surface area contributed by atoms with Crippen LogP contribution in [-0.4, -0.2) is 19.2 Å². The summed E-state index contributed by atoms with van der Waals surface area (Å²) in [6.45, 7) is 2.41. The summed E-state index contributed by atoms with van der Waals surface area (Å²) in [5.41, 5.74) is -0.473. The standard InChI is InChI=1S/C14H19FN2O/c1-14(11-16,17-2)8-3-4-9-18-13-7-5-6-12(15)10-13/h5-7,10,17H,3-4,8-9H2,1-2H3. The van der Waals surface area contributed by atoms with Gasteiger partial charge in [-0.3, -0.25) is 0 Å². The molecule has 1 unspecified atom stereocenters. The molecule has 4 heteroatoms. The summed E-state index contributed by atoms with van der Waals surface area (Å²) in [5, 5.41) is 12.0. The minimum Gasteiger partial charge on any atom is -0.493 e. The molecule has 1 aromatic carbocycles. The zero-order valence-corrected chi connectivity index (χ0v) is 10.9. The van der Waals surface area contributed by atoms with Crippen LogP contribution in [0.25, 0.3) is 0 Å². The Morgan fingerprint density at radius 3 is 2.83 bits per heavy atom. The van der Waals surface area contributed by atoms with E-state index in [0.717, 1.165) is 19.3 Å². The van der Waals surface area contributed by atoms with Crippen molar-refractivity contribution in [3.05, 3.63) is 30.1 Å². The molecule has 0 saturated carbocycles. The van der Waals surface area contributed by atoms with E-state index >= 15 is 0 Å². The van der Waals surface area contributed by atoms with Crippen molar-refractivity contribution in [1.29, 1.82) is 5.26 Å². The molecule has 0 aliphatic heterocycles. The number of ether oxygens (including phenoxy) is 1. The summed E-state index contributed by atoms with van der Waals surface area (Å²) in [6.07, 6.45) is 2.50. The predicted octanol–water partition coefficient (Wildman–Crippen LogP) is 2.88. The van der Waals surface area contributed by atoms with Crippen LogP contribution >= 0.6 is 0 Å². The number of rotatable bonds is 7. The van der Waals surface area contributed by atoms with Crippen molar-refractivity contribution in [2.24, 2.45) is 0 Å². The van der Waals surface area contributed by atoms with E-state index in [1.54, 1.807) is 19.2 Å². The van der Waals surface area contributed by atoms with Gasteiger partial charge in [-0.15, -0.1) is 0 Å². The number of halogens is 1. The van der Waals surface area contributed by atoms with Crippen molar-refractivity contribution in [1.82, 2.24) is 5.32 Å². The lowest BCUT2D eigenvalue weighted by molar-refractivity contribution is 0.296. The predicted molar refractivity (Wildman–Crippen MR) is 68.8 cm³/mol. The molecule has 1 N–H and O–H groups in total. The summed E-state index contributed by atoms with van der Waals surface area (Å²) in [4.78, 5) is 0. The molecule has 0 bridgehead atoms. The average molecular weight is 250 g/mol. The Morgan fingerprint density at radius 2 is 2.22 bits per heavy atom. The average Bonchev–Trinajstić information content (AvgIpc) is 2.38. The topological polar surface area (TPSA) is 45.0 Å². The van der Waals surface area contributed by atoms with Crippen LogP contribution in [0.4, 0.5) is 4.39 Å². The van der Waals surface area contributed by atoms with Gasteiger partial charge in [0.2, 0.25) is 0 Å². The lowest BCUT2D eigenvalue weighted by atomic mass is 9.97. The van der Waals surface area contributed by atoms with Gasteiger partial charge in [-0.05, 0) is 45.4 Å². The molecule has 98 valence electrons. The van der Waals surface area contributed by atoms with Crippen molar-refractivity contribution in [3.63, 3.8) is 0 Å². The second-order valence-corrected chi connectivity index (χ2v) is 4.46. The molecule has 1 aromatic rings. The zero-order valence-electron chi connectivity index (χ0n) is 10.9. The fourth-order valence-electron chi connectivity index (χ4n) is 1.56. The first kappa shape index (κ1) is 14.5. The van der Waals surface area contributed by atoms with E-state index < -0.39 is 5.54 Å². The molecule has 0 aliphatic rings. The molecule has 0 amide bonds. The third-order valence-corrected chi connectivity index (χ3v) is 2.93. The molecule has 3 nitrogen and oxygen atoms in total. The lowest BCUT2D eigenvalue weighted by Crippen LogP contribution is -2.37. The second kappa shape index (κ2) is 6.97. The summed E-state index contributed by atoms with van der Waals surface area (Å²) in [5.74, 6) is 0.256. The van der Waals surface area contributed by atoms with Crippen molar-refractivity contribution in [2.45, 2.75) is 31.7 Å². The molecule has 0 aromatic heterocycles. The van der Waals surface area contributed by atoms with Crippen molar-refractivity contribution in [3.8, 4) is 11.8 Å². The number of unbranched alkanes of at least 4 members (excludes halogenated alkanes) is 1. The van der Waals surface area contributed by atoms with Gasteiger partial charge in [-0.25, -0.2) is 4.39 Å². The van der Waals surface area contributed by atoms with Crippen LogP contribution in [0.3, 0.4) is 0 Å². The molecule has 0 fully saturated rings. The highest BCUT2D eigenvalue weighted by molar-refractivity contribution is 5.22. The number of hydrogen-bond donors (Lipinski definition) is 1. The van der Waals surface area contributed by atoms with Crippen LogP contribution in [0.2, 0.25) is 0 Å². The van der Waals surface area contributed by atoms with Crippen molar-refractivity contribution < 1.29 is 9.13 Å². The van der Waals surface area contributed by atoms with E-state index in [4.69, 9.17) is 10.00 Å². The van der Waals surface area contributed by atoms with E-state index in [1.165, 1.54) is 12.1 Å². The second-order valence-electron chi connectivity index (χ2n) is 4.46. The Bertz CT molecular complexity index is 417. The quantitative estimate of drug-likeness (QED) is 0.757. The van der Waals surface area contributed by atoms with Crippen molar-refractivity contribution in [2.75, 3.05) is 13.7 Å². The van der Waals surface area contributed by atoms with E-state index in [0.29, 0.717) is 12.4 Å². The van der Waals surface area contributed by atoms with Gasteiger partial charge >= 0.3 is 0 Å².